The van der Waals surface area contributed by atoms with Crippen molar-refractivity contribution in [1.29, 1.82) is 0 Å². The maximum atomic E-state index is 11.7. The van der Waals surface area contributed by atoms with Crippen molar-refractivity contribution in [1.82, 2.24) is 5.32 Å². The molecule has 21 heavy (non-hydrogen) atoms. The second-order valence-corrected chi connectivity index (χ2v) is 8.56. The highest BCUT2D eigenvalue weighted by molar-refractivity contribution is 7.91. The molecule has 1 fully saturated rings. The quantitative estimate of drug-likeness (QED) is 0.636. The van der Waals surface area contributed by atoms with Crippen LogP contribution in [0.1, 0.15) is 65.7 Å². The maximum absolute atomic E-state index is 11.7. The summed E-state index contributed by atoms with van der Waals surface area (Å²) >= 11 is 0. The first kappa shape index (κ1) is 18.9. The number of hydrogen-bond donors (Lipinski definition) is 1. The van der Waals surface area contributed by atoms with Gasteiger partial charge in [-0.15, -0.1) is 0 Å². The fraction of sp³-hybridized carbons (Fsp3) is 1.00. The minimum absolute atomic E-state index is 0.0695. The van der Waals surface area contributed by atoms with Crippen molar-refractivity contribution in [3.05, 3.63) is 0 Å². The average molecular weight is 320 g/mol. The molecule has 1 aliphatic rings. The predicted molar refractivity (Wildman–Crippen MR) is 88.5 cm³/mol. The molecule has 126 valence electrons. The van der Waals surface area contributed by atoms with Crippen molar-refractivity contribution in [3.63, 3.8) is 0 Å². The van der Waals surface area contributed by atoms with Crippen LogP contribution in [0.5, 0.6) is 0 Å². The third-order valence-corrected chi connectivity index (χ3v) is 6.34. The summed E-state index contributed by atoms with van der Waals surface area (Å²) in [6.07, 6.45) is 7.35. The first-order valence-corrected chi connectivity index (χ1v) is 10.4. The summed E-state index contributed by atoms with van der Waals surface area (Å²) in [4.78, 5) is 0. The van der Waals surface area contributed by atoms with Crippen molar-refractivity contribution in [3.8, 4) is 0 Å². The van der Waals surface area contributed by atoms with Gasteiger partial charge in [0.2, 0.25) is 0 Å². The minimum Gasteiger partial charge on any atom is -0.374 e. The van der Waals surface area contributed by atoms with E-state index >= 15 is 0 Å². The summed E-state index contributed by atoms with van der Waals surface area (Å²) in [5.74, 6) is 0.548. The monoisotopic (exact) mass is 319 g/mol. The summed E-state index contributed by atoms with van der Waals surface area (Å²) < 4.78 is 29.5. The summed E-state index contributed by atoms with van der Waals surface area (Å²) in [7, 11) is -2.86. The van der Waals surface area contributed by atoms with Crippen molar-refractivity contribution in [2.75, 3.05) is 24.7 Å². The van der Waals surface area contributed by atoms with Gasteiger partial charge in [-0.1, -0.05) is 26.7 Å². The molecule has 5 heteroatoms. The molecule has 0 radical (unpaired) electrons. The Hall–Kier alpha value is -0.130. The average Bonchev–Trinajstić information content (AvgIpc) is 2.92. The van der Waals surface area contributed by atoms with E-state index in [2.05, 4.69) is 19.2 Å². The maximum Gasteiger partial charge on any atom is 0.150 e. The SMILES string of the molecule is CCCNC(CCCS(=O)(=O)CC)C1(OCC)CCCC1. The highest BCUT2D eigenvalue weighted by Gasteiger charge is 2.41. The predicted octanol–water partition coefficient (Wildman–Crippen LogP) is 2.92. The molecule has 4 nitrogen and oxygen atoms in total. The Bertz CT molecular complexity index is 375. The van der Waals surface area contributed by atoms with Gasteiger partial charge >= 0.3 is 0 Å². The van der Waals surface area contributed by atoms with Crippen molar-refractivity contribution < 1.29 is 13.2 Å². The summed E-state index contributed by atoms with van der Waals surface area (Å²) in [6, 6.07) is 0.284. The van der Waals surface area contributed by atoms with E-state index in [-0.39, 0.29) is 17.4 Å². The van der Waals surface area contributed by atoms with E-state index < -0.39 is 9.84 Å². The van der Waals surface area contributed by atoms with E-state index in [9.17, 15) is 8.42 Å². The zero-order valence-corrected chi connectivity index (χ0v) is 14.8. The fourth-order valence-electron chi connectivity index (χ4n) is 3.38. The number of hydrogen-bond acceptors (Lipinski definition) is 4. The molecule has 0 aromatic carbocycles. The van der Waals surface area contributed by atoms with Crippen molar-refractivity contribution in [2.24, 2.45) is 0 Å². The number of rotatable bonds is 11. The summed E-state index contributed by atoms with van der Waals surface area (Å²) in [5.41, 5.74) is -0.0695. The van der Waals surface area contributed by atoms with Gasteiger partial charge in [0, 0.05) is 18.4 Å². The van der Waals surface area contributed by atoms with Gasteiger partial charge in [0.25, 0.3) is 0 Å². The van der Waals surface area contributed by atoms with E-state index in [0.29, 0.717) is 5.75 Å². The van der Waals surface area contributed by atoms with Gasteiger partial charge in [-0.3, -0.25) is 0 Å². The first-order chi connectivity index (χ1) is 9.99. The molecule has 1 atom stereocenters. The molecule has 0 saturated heterocycles. The lowest BCUT2D eigenvalue weighted by molar-refractivity contribution is -0.0632. The van der Waals surface area contributed by atoms with E-state index in [1.807, 2.05) is 0 Å². The molecule has 0 heterocycles. The van der Waals surface area contributed by atoms with Crippen LogP contribution < -0.4 is 5.32 Å². The highest BCUT2D eigenvalue weighted by Crippen LogP contribution is 2.37. The molecule has 0 bridgehead atoms. The van der Waals surface area contributed by atoms with E-state index in [1.54, 1.807) is 6.92 Å². The molecule has 1 rings (SSSR count). The molecule has 0 spiro atoms. The number of nitrogens with one attached hydrogen (secondary N) is 1. The first-order valence-electron chi connectivity index (χ1n) is 8.57. The van der Waals surface area contributed by atoms with Crippen LogP contribution in [0, 0.1) is 0 Å². The van der Waals surface area contributed by atoms with Gasteiger partial charge in [0.1, 0.15) is 9.84 Å². The van der Waals surface area contributed by atoms with Crippen LogP contribution in [0.3, 0.4) is 0 Å². The molecular formula is C16H33NO3S. The van der Waals surface area contributed by atoms with Crippen LogP contribution >= 0.6 is 0 Å². The van der Waals surface area contributed by atoms with Crippen LogP contribution in [0.15, 0.2) is 0 Å². The number of ether oxygens (including phenoxy) is 1. The van der Waals surface area contributed by atoms with Crippen molar-refractivity contribution in [2.45, 2.75) is 77.4 Å². The lowest BCUT2D eigenvalue weighted by Gasteiger charge is -2.38. The second kappa shape index (κ2) is 9.11. The molecule has 1 unspecified atom stereocenters. The standard InChI is InChI=1S/C16H33NO3S/c1-4-13-17-15(10-9-14-21(18,19)6-3)16(20-5-2)11-7-8-12-16/h15,17H,4-14H2,1-3H3. The van der Waals surface area contributed by atoms with Gasteiger partial charge in [-0.2, -0.15) is 0 Å². The molecule has 0 aromatic heterocycles. The largest absolute Gasteiger partial charge is 0.374 e. The lowest BCUT2D eigenvalue weighted by Crippen LogP contribution is -2.51. The third kappa shape index (κ3) is 5.87. The van der Waals surface area contributed by atoms with Crippen LogP contribution in [0.25, 0.3) is 0 Å². The van der Waals surface area contributed by atoms with Gasteiger partial charge in [-0.05, 0) is 45.6 Å². The Kier molecular flexibility index (Phi) is 8.21. The topological polar surface area (TPSA) is 55.4 Å². The van der Waals surface area contributed by atoms with Gasteiger partial charge in [0.15, 0.2) is 0 Å². The Morgan fingerprint density at radius 3 is 2.38 bits per heavy atom. The molecule has 1 saturated carbocycles. The van der Waals surface area contributed by atoms with E-state index in [4.69, 9.17) is 4.74 Å². The smallest absolute Gasteiger partial charge is 0.150 e. The fourth-order valence-corrected chi connectivity index (χ4v) is 4.27. The third-order valence-electron chi connectivity index (χ3n) is 4.55. The van der Waals surface area contributed by atoms with Gasteiger partial charge in [-0.25, -0.2) is 8.42 Å². The van der Waals surface area contributed by atoms with Gasteiger partial charge < -0.3 is 10.1 Å². The Morgan fingerprint density at radius 1 is 1.19 bits per heavy atom. The van der Waals surface area contributed by atoms with Crippen LogP contribution in [0.4, 0.5) is 0 Å². The molecule has 0 amide bonds. The Morgan fingerprint density at radius 2 is 1.86 bits per heavy atom. The van der Waals surface area contributed by atoms with Crippen LogP contribution in [-0.2, 0) is 14.6 Å². The molecule has 1 aliphatic carbocycles. The molecule has 0 aromatic rings. The summed E-state index contributed by atoms with van der Waals surface area (Å²) in [6.45, 7) is 7.64. The molecular weight excluding hydrogens is 286 g/mol. The normalized spacial score (nSPS) is 19.8. The Labute approximate surface area is 130 Å². The van der Waals surface area contributed by atoms with Gasteiger partial charge in [0.05, 0.1) is 11.4 Å². The van der Waals surface area contributed by atoms with E-state index in [1.165, 1.54) is 12.8 Å². The van der Waals surface area contributed by atoms with E-state index in [0.717, 1.165) is 45.3 Å². The zero-order chi connectivity index (χ0) is 15.8. The summed E-state index contributed by atoms with van der Waals surface area (Å²) in [5, 5.41) is 3.62. The minimum atomic E-state index is -2.86. The van der Waals surface area contributed by atoms with Crippen molar-refractivity contribution >= 4 is 9.84 Å². The highest BCUT2D eigenvalue weighted by atomic mass is 32.2. The Balaban J connectivity index is 2.65. The van der Waals surface area contributed by atoms with Crippen LogP contribution in [-0.4, -0.2) is 44.7 Å². The lowest BCUT2D eigenvalue weighted by atomic mass is 9.88. The number of sulfone groups is 1. The second-order valence-electron chi connectivity index (χ2n) is 6.09. The molecule has 0 aliphatic heterocycles. The molecule has 1 N–H and O–H groups in total. The van der Waals surface area contributed by atoms with Crippen LogP contribution in [0.2, 0.25) is 0 Å². The zero-order valence-electron chi connectivity index (χ0n) is 14.0.